The molecule has 43 heavy (non-hydrogen) atoms. The Labute approximate surface area is 255 Å². The maximum atomic E-state index is 13.2. The van der Waals surface area contributed by atoms with Gasteiger partial charge in [0.25, 0.3) is 0 Å². The molecule has 2 saturated heterocycles. The lowest BCUT2D eigenvalue weighted by molar-refractivity contribution is -0.163. The first-order chi connectivity index (χ1) is 19.8. The Morgan fingerprint density at radius 1 is 0.744 bits per heavy atom. The summed E-state index contributed by atoms with van der Waals surface area (Å²) in [6, 6.07) is 7.36. The Balaban J connectivity index is 1.73. The highest BCUT2D eigenvalue weighted by molar-refractivity contribution is 5.82. The molecule has 1 amide bonds. The minimum Gasteiger partial charge on any atom is -0.459 e. The van der Waals surface area contributed by atoms with Crippen molar-refractivity contribution >= 4 is 24.0 Å². The summed E-state index contributed by atoms with van der Waals surface area (Å²) in [6.07, 6.45) is 0.104. The molecule has 0 spiro atoms. The van der Waals surface area contributed by atoms with Gasteiger partial charge in [-0.15, -0.1) is 0 Å². The Kier molecular flexibility index (Phi) is 10.9. The predicted octanol–water partition coefficient (Wildman–Crippen LogP) is 3.82. The van der Waals surface area contributed by atoms with E-state index in [0.717, 1.165) is 5.56 Å². The van der Waals surface area contributed by atoms with Crippen LogP contribution in [0.1, 0.15) is 80.7 Å². The first-order valence-corrected chi connectivity index (χ1v) is 14.9. The number of carbonyl (C=O) groups is 4. The van der Waals surface area contributed by atoms with Gasteiger partial charge in [-0.1, -0.05) is 30.3 Å². The van der Waals surface area contributed by atoms with Crippen LogP contribution in [0.4, 0.5) is 4.79 Å². The molecule has 0 radical (unpaired) electrons. The molecule has 11 nitrogen and oxygen atoms in total. The number of amides is 1. The standard InChI is InChI=1S/C32H49N3O8/c1-30(2,3)41-26(36)19-34-17-22(15-24(34)27(37)42-31(4,5)6)33-23-16-25(28(38)43-32(7,8)9)35(18-23)29(39)40-20-21-13-11-10-12-14-21/h10-14,22-25,33H,15-20H2,1-9H3/t22-,23-,24-,25-/m0/s1. The second-order valence-corrected chi connectivity index (χ2v) is 14.3. The zero-order valence-electron chi connectivity index (χ0n) is 27.1. The summed E-state index contributed by atoms with van der Waals surface area (Å²) < 4.78 is 22.4. The van der Waals surface area contributed by atoms with E-state index >= 15 is 0 Å². The van der Waals surface area contributed by atoms with Crippen LogP contribution in [0.3, 0.4) is 0 Å². The van der Waals surface area contributed by atoms with Crippen LogP contribution < -0.4 is 5.32 Å². The van der Waals surface area contributed by atoms with E-state index in [-0.39, 0.29) is 31.8 Å². The molecule has 11 heteroatoms. The number of hydrogen-bond donors (Lipinski definition) is 1. The van der Waals surface area contributed by atoms with Gasteiger partial charge in [-0.3, -0.25) is 19.4 Å². The quantitative estimate of drug-likeness (QED) is 0.346. The molecule has 0 bridgehead atoms. The molecule has 0 aliphatic carbocycles. The fraction of sp³-hybridized carbons (Fsp3) is 0.688. The molecule has 0 saturated carbocycles. The highest BCUT2D eigenvalue weighted by Crippen LogP contribution is 2.27. The van der Waals surface area contributed by atoms with Gasteiger partial charge in [0, 0.05) is 25.2 Å². The smallest absolute Gasteiger partial charge is 0.410 e. The van der Waals surface area contributed by atoms with E-state index in [2.05, 4.69) is 5.32 Å². The van der Waals surface area contributed by atoms with E-state index in [1.54, 1.807) is 67.2 Å². The van der Waals surface area contributed by atoms with Gasteiger partial charge >= 0.3 is 24.0 Å². The fourth-order valence-corrected chi connectivity index (χ4v) is 5.24. The van der Waals surface area contributed by atoms with E-state index in [1.807, 2.05) is 30.3 Å². The molecule has 2 aliphatic heterocycles. The lowest BCUT2D eigenvalue weighted by Crippen LogP contribution is -2.45. The summed E-state index contributed by atoms with van der Waals surface area (Å²) in [5.41, 5.74) is -1.24. The third kappa shape index (κ3) is 11.1. The number of rotatable bonds is 8. The molecule has 1 aromatic rings. The van der Waals surface area contributed by atoms with Crippen LogP contribution in [0.5, 0.6) is 0 Å². The molecule has 1 aromatic carbocycles. The van der Waals surface area contributed by atoms with Crippen molar-refractivity contribution in [3.8, 4) is 0 Å². The topological polar surface area (TPSA) is 124 Å². The van der Waals surface area contributed by atoms with Crippen LogP contribution >= 0.6 is 0 Å². The van der Waals surface area contributed by atoms with Gasteiger partial charge in [0.05, 0.1) is 6.54 Å². The maximum Gasteiger partial charge on any atom is 0.410 e. The van der Waals surface area contributed by atoms with Crippen molar-refractivity contribution in [1.82, 2.24) is 15.1 Å². The Morgan fingerprint density at radius 3 is 1.81 bits per heavy atom. The normalized spacial score (nSPS) is 23.1. The highest BCUT2D eigenvalue weighted by atomic mass is 16.6. The molecule has 0 aromatic heterocycles. The van der Waals surface area contributed by atoms with E-state index in [4.69, 9.17) is 18.9 Å². The molecular weight excluding hydrogens is 554 g/mol. The molecule has 240 valence electrons. The van der Waals surface area contributed by atoms with E-state index in [9.17, 15) is 19.2 Å². The summed E-state index contributed by atoms with van der Waals surface area (Å²) in [4.78, 5) is 55.4. The Hall–Kier alpha value is -3.18. The Bertz CT molecular complexity index is 1140. The van der Waals surface area contributed by atoms with Gasteiger partial charge in [0.15, 0.2) is 0 Å². The molecule has 2 fully saturated rings. The van der Waals surface area contributed by atoms with Gasteiger partial charge in [-0.25, -0.2) is 9.59 Å². The van der Waals surface area contributed by atoms with Crippen molar-refractivity contribution in [1.29, 1.82) is 0 Å². The summed E-state index contributed by atoms with van der Waals surface area (Å²) in [7, 11) is 0. The summed E-state index contributed by atoms with van der Waals surface area (Å²) in [5.74, 6) is -1.34. The fourth-order valence-electron chi connectivity index (χ4n) is 5.24. The minimum absolute atomic E-state index is 0.0670. The van der Waals surface area contributed by atoms with Crippen molar-refractivity contribution < 1.29 is 38.1 Å². The van der Waals surface area contributed by atoms with Crippen LogP contribution in [0, 0.1) is 0 Å². The second-order valence-electron chi connectivity index (χ2n) is 14.3. The number of hydrogen-bond acceptors (Lipinski definition) is 10. The number of nitrogens with one attached hydrogen (secondary N) is 1. The van der Waals surface area contributed by atoms with Crippen molar-refractivity contribution in [2.75, 3.05) is 19.6 Å². The third-order valence-electron chi connectivity index (χ3n) is 6.73. The molecular formula is C32H49N3O8. The maximum absolute atomic E-state index is 13.2. The molecule has 3 rings (SSSR count). The first kappa shape index (κ1) is 34.3. The van der Waals surface area contributed by atoms with Crippen molar-refractivity contribution in [3.05, 3.63) is 35.9 Å². The largest absolute Gasteiger partial charge is 0.459 e. The summed E-state index contributed by atoms with van der Waals surface area (Å²) in [5, 5.41) is 3.52. The number of nitrogens with zero attached hydrogens (tertiary/aromatic N) is 2. The number of ether oxygens (including phenoxy) is 4. The average Bonchev–Trinajstić information content (AvgIpc) is 3.44. The Morgan fingerprint density at radius 2 is 1.26 bits per heavy atom. The average molecular weight is 604 g/mol. The summed E-state index contributed by atoms with van der Waals surface area (Å²) in [6.45, 7) is 16.7. The third-order valence-corrected chi connectivity index (χ3v) is 6.73. The number of likely N-dealkylation sites (tertiary alicyclic amines) is 2. The van der Waals surface area contributed by atoms with Crippen molar-refractivity contribution in [2.24, 2.45) is 0 Å². The highest BCUT2D eigenvalue weighted by Gasteiger charge is 2.46. The molecule has 2 aliphatic rings. The lowest BCUT2D eigenvalue weighted by Gasteiger charge is -2.27. The monoisotopic (exact) mass is 603 g/mol. The number of benzene rings is 1. The lowest BCUT2D eigenvalue weighted by atomic mass is 10.1. The zero-order valence-corrected chi connectivity index (χ0v) is 27.1. The predicted molar refractivity (Wildman–Crippen MR) is 160 cm³/mol. The van der Waals surface area contributed by atoms with Gasteiger partial charge in [0.2, 0.25) is 0 Å². The van der Waals surface area contributed by atoms with Gasteiger partial charge in [0.1, 0.15) is 35.5 Å². The molecule has 0 unspecified atom stereocenters. The van der Waals surface area contributed by atoms with Crippen molar-refractivity contribution in [2.45, 2.75) is 123 Å². The van der Waals surface area contributed by atoms with Gasteiger partial charge in [-0.2, -0.15) is 0 Å². The molecule has 1 N–H and O–H groups in total. The van der Waals surface area contributed by atoms with E-state index in [1.165, 1.54) is 4.90 Å². The minimum atomic E-state index is -0.832. The van der Waals surface area contributed by atoms with Crippen LogP contribution in [0.15, 0.2) is 30.3 Å². The first-order valence-electron chi connectivity index (χ1n) is 14.9. The zero-order chi connectivity index (χ0) is 32.2. The van der Waals surface area contributed by atoms with Crippen LogP contribution in [0.25, 0.3) is 0 Å². The van der Waals surface area contributed by atoms with E-state index in [0.29, 0.717) is 19.4 Å². The summed E-state index contributed by atoms with van der Waals surface area (Å²) >= 11 is 0. The van der Waals surface area contributed by atoms with Gasteiger partial charge < -0.3 is 24.3 Å². The SMILES string of the molecule is CC(C)(C)OC(=O)CN1C[C@@H](N[C@H]2C[C@@H](C(=O)OC(C)(C)C)N(C(=O)OCc3ccccc3)C2)C[C@H]1C(=O)OC(C)(C)C. The van der Waals surface area contributed by atoms with E-state index < -0.39 is 52.9 Å². The second kappa shape index (κ2) is 13.6. The number of esters is 3. The van der Waals surface area contributed by atoms with Crippen LogP contribution in [-0.4, -0.2) is 94.4 Å². The molecule has 4 atom stereocenters. The number of carbonyl (C=O) groups excluding carboxylic acids is 4. The van der Waals surface area contributed by atoms with Crippen LogP contribution in [0.2, 0.25) is 0 Å². The van der Waals surface area contributed by atoms with Gasteiger partial charge in [-0.05, 0) is 80.7 Å². The van der Waals surface area contributed by atoms with Crippen molar-refractivity contribution in [3.63, 3.8) is 0 Å². The van der Waals surface area contributed by atoms with Crippen LogP contribution in [-0.2, 0) is 39.9 Å². The molecule has 2 heterocycles.